The largest absolute Gasteiger partial charge is 0.494 e. The number of methoxy groups -OCH3 is 2. The van der Waals surface area contributed by atoms with Crippen molar-refractivity contribution in [2.45, 2.75) is 5.75 Å². The Kier molecular flexibility index (Phi) is 5.16. The molecule has 2 aromatic carbocycles. The van der Waals surface area contributed by atoms with Gasteiger partial charge in [-0.1, -0.05) is 18.2 Å². The number of ether oxygens (including phenoxy) is 2. The molecule has 3 rings (SSSR count). The third kappa shape index (κ3) is 3.59. The smallest absolute Gasteiger partial charge is 0.339 e. The van der Waals surface area contributed by atoms with Crippen LogP contribution in [0.2, 0.25) is 0 Å². The molecular formula is C18H16N2O7S. The molecule has 9 nitrogen and oxygen atoms in total. The Morgan fingerprint density at radius 1 is 1.14 bits per heavy atom. The highest BCUT2D eigenvalue weighted by atomic mass is 32.2. The quantitative estimate of drug-likeness (QED) is 0.502. The van der Waals surface area contributed by atoms with Gasteiger partial charge in [0.1, 0.15) is 22.8 Å². The average Bonchev–Trinajstić information content (AvgIpc) is 2.66. The first-order chi connectivity index (χ1) is 13.3. The van der Waals surface area contributed by atoms with E-state index in [-0.39, 0.29) is 33.7 Å². The molecule has 0 spiro atoms. The molecule has 0 aliphatic rings. The van der Waals surface area contributed by atoms with Crippen molar-refractivity contribution < 1.29 is 27.2 Å². The summed E-state index contributed by atoms with van der Waals surface area (Å²) < 4.78 is 43.3. The number of carbonyl (C=O) groups excluding carboxylic acids is 1. The molecule has 28 heavy (non-hydrogen) atoms. The van der Waals surface area contributed by atoms with Gasteiger partial charge < -0.3 is 9.47 Å². The summed E-state index contributed by atoms with van der Waals surface area (Å²) in [6.07, 6.45) is 0. The van der Waals surface area contributed by atoms with Crippen LogP contribution in [0.1, 0.15) is 16.2 Å². The lowest BCUT2D eigenvalue weighted by Gasteiger charge is -2.16. The van der Waals surface area contributed by atoms with Crippen LogP contribution in [0.3, 0.4) is 0 Å². The Labute approximate surface area is 159 Å². The van der Waals surface area contributed by atoms with Gasteiger partial charge >= 0.3 is 5.97 Å². The molecule has 0 saturated heterocycles. The maximum absolute atomic E-state index is 13.2. The molecular weight excluding hydrogens is 388 g/mol. The van der Waals surface area contributed by atoms with Crippen LogP contribution in [0.15, 0.2) is 47.3 Å². The minimum atomic E-state index is -4.53. The highest BCUT2D eigenvalue weighted by Crippen LogP contribution is 2.24. The van der Waals surface area contributed by atoms with Crippen molar-refractivity contribution in [3.63, 3.8) is 0 Å². The highest BCUT2D eigenvalue weighted by Gasteiger charge is 2.22. The Hall–Kier alpha value is -3.24. The second kappa shape index (κ2) is 7.41. The zero-order valence-electron chi connectivity index (χ0n) is 14.9. The second-order valence-corrected chi connectivity index (χ2v) is 7.21. The van der Waals surface area contributed by atoms with Crippen molar-refractivity contribution in [3.8, 4) is 11.4 Å². The fourth-order valence-electron chi connectivity index (χ4n) is 2.85. The van der Waals surface area contributed by atoms with Crippen LogP contribution in [0.4, 0.5) is 0 Å². The maximum Gasteiger partial charge on any atom is 0.339 e. The molecule has 0 unspecified atom stereocenters. The number of hydrogen-bond donors (Lipinski definition) is 1. The van der Waals surface area contributed by atoms with Gasteiger partial charge in [0.2, 0.25) is 0 Å². The molecule has 1 aromatic heterocycles. The summed E-state index contributed by atoms with van der Waals surface area (Å²) in [4.78, 5) is 29.6. The van der Waals surface area contributed by atoms with E-state index in [4.69, 9.17) is 9.47 Å². The first kappa shape index (κ1) is 19.5. The molecule has 0 aliphatic carbocycles. The molecule has 0 saturated carbocycles. The summed E-state index contributed by atoms with van der Waals surface area (Å²) in [5.74, 6) is -1.67. The number of carbonyl (C=O) groups is 1. The van der Waals surface area contributed by atoms with E-state index in [1.807, 2.05) is 0 Å². The van der Waals surface area contributed by atoms with Gasteiger partial charge in [-0.05, 0) is 24.3 Å². The lowest BCUT2D eigenvalue weighted by Crippen LogP contribution is -2.27. The van der Waals surface area contributed by atoms with E-state index < -0.39 is 27.4 Å². The summed E-state index contributed by atoms with van der Waals surface area (Å²) in [5.41, 5.74) is -0.373. The fourth-order valence-corrected chi connectivity index (χ4v) is 3.37. The first-order valence-electron chi connectivity index (χ1n) is 7.98. The molecule has 3 aromatic rings. The maximum atomic E-state index is 13.2. The van der Waals surface area contributed by atoms with E-state index in [0.29, 0.717) is 0 Å². The summed E-state index contributed by atoms with van der Waals surface area (Å²) in [6, 6.07) is 10.7. The topological polar surface area (TPSA) is 125 Å². The van der Waals surface area contributed by atoms with Crippen molar-refractivity contribution in [3.05, 3.63) is 64.2 Å². The fraction of sp³-hybridized carbons (Fsp3) is 0.167. The molecule has 1 N–H and O–H groups in total. The molecule has 0 aliphatic heterocycles. The van der Waals surface area contributed by atoms with Gasteiger partial charge in [0.15, 0.2) is 0 Å². The summed E-state index contributed by atoms with van der Waals surface area (Å²) in [6.45, 7) is 0. The highest BCUT2D eigenvalue weighted by molar-refractivity contribution is 7.84. The van der Waals surface area contributed by atoms with Crippen LogP contribution < -0.4 is 10.3 Å². The summed E-state index contributed by atoms with van der Waals surface area (Å²) in [5, 5.41) is 0.151. The van der Waals surface area contributed by atoms with E-state index in [1.54, 1.807) is 24.3 Å². The zero-order chi connectivity index (χ0) is 20.5. The van der Waals surface area contributed by atoms with Crippen molar-refractivity contribution >= 4 is 27.0 Å². The molecule has 0 fully saturated rings. The number of benzene rings is 2. The van der Waals surface area contributed by atoms with E-state index in [0.717, 1.165) is 4.57 Å². The summed E-state index contributed by atoms with van der Waals surface area (Å²) in [7, 11) is -1.96. The standard InChI is InChI=1S/C18H16N2O7S/c1-26-14-9-5-7-12-16(14)19-15(10-28(23,24)25)20(17(12)21)13-8-4-3-6-11(13)18(22)27-2/h3-9H,10H2,1-2H3,(H,23,24,25). The van der Waals surface area contributed by atoms with Crippen molar-refractivity contribution in [2.75, 3.05) is 14.2 Å². The van der Waals surface area contributed by atoms with E-state index in [1.165, 1.54) is 32.4 Å². The van der Waals surface area contributed by atoms with Gasteiger partial charge in [0.25, 0.3) is 15.7 Å². The van der Waals surface area contributed by atoms with Crippen LogP contribution in [0, 0.1) is 0 Å². The second-order valence-electron chi connectivity index (χ2n) is 5.76. The lowest BCUT2D eigenvalue weighted by molar-refractivity contribution is 0.0600. The number of aromatic nitrogens is 2. The Morgan fingerprint density at radius 2 is 1.86 bits per heavy atom. The molecule has 0 amide bonds. The lowest BCUT2D eigenvalue weighted by atomic mass is 10.1. The Morgan fingerprint density at radius 3 is 2.50 bits per heavy atom. The number of para-hydroxylation sites is 2. The van der Waals surface area contributed by atoms with Crippen LogP contribution >= 0.6 is 0 Å². The van der Waals surface area contributed by atoms with Gasteiger partial charge in [-0.2, -0.15) is 8.42 Å². The number of fused-ring (bicyclic) bond motifs is 1. The SMILES string of the molecule is COC(=O)c1ccccc1-n1c(CS(=O)(=O)O)nc2c(OC)cccc2c1=O. The monoisotopic (exact) mass is 404 g/mol. The van der Waals surface area contributed by atoms with E-state index in [2.05, 4.69) is 4.98 Å². The average molecular weight is 404 g/mol. The first-order valence-corrected chi connectivity index (χ1v) is 9.59. The molecule has 146 valence electrons. The van der Waals surface area contributed by atoms with Crippen LogP contribution in [0.25, 0.3) is 16.6 Å². The minimum Gasteiger partial charge on any atom is -0.494 e. The normalized spacial score (nSPS) is 11.4. The van der Waals surface area contributed by atoms with Gasteiger partial charge in [-0.15, -0.1) is 0 Å². The van der Waals surface area contributed by atoms with Crippen LogP contribution in [-0.4, -0.2) is 42.7 Å². The predicted molar refractivity (Wildman–Crippen MR) is 100 cm³/mol. The molecule has 10 heteroatoms. The third-order valence-corrected chi connectivity index (χ3v) is 4.64. The Bertz CT molecular complexity index is 1230. The number of rotatable bonds is 5. The van der Waals surface area contributed by atoms with Crippen molar-refractivity contribution in [2.24, 2.45) is 0 Å². The number of nitrogens with zero attached hydrogens (tertiary/aromatic N) is 2. The van der Waals surface area contributed by atoms with Gasteiger partial charge in [0, 0.05) is 0 Å². The molecule has 0 radical (unpaired) electrons. The van der Waals surface area contributed by atoms with E-state index >= 15 is 0 Å². The zero-order valence-corrected chi connectivity index (χ0v) is 15.8. The summed E-state index contributed by atoms with van der Waals surface area (Å²) >= 11 is 0. The van der Waals surface area contributed by atoms with E-state index in [9.17, 15) is 22.6 Å². The molecule has 0 atom stereocenters. The van der Waals surface area contributed by atoms with Gasteiger partial charge in [0.05, 0.1) is 30.9 Å². The number of hydrogen-bond acceptors (Lipinski definition) is 7. The van der Waals surface area contributed by atoms with Crippen LogP contribution in [-0.2, 0) is 20.6 Å². The third-order valence-electron chi connectivity index (χ3n) is 4.01. The van der Waals surface area contributed by atoms with Gasteiger partial charge in [-0.25, -0.2) is 9.78 Å². The Balaban J connectivity index is 2.46. The van der Waals surface area contributed by atoms with Crippen molar-refractivity contribution in [1.82, 2.24) is 9.55 Å². The molecule has 0 bridgehead atoms. The van der Waals surface area contributed by atoms with Gasteiger partial charge in [-0.3, -0.25) is 13.9 Å². The predicted octanol–water partition coefficient (Wildman–Crippen LogP) is 1.57. The van der Waals surface area contributed by atoms with Crippen molar-refractivity contribution in [1.29, 1.82) is 0 Å². The number of esters is 1. The van der Waals surface area contributed by atoms with Crippen LogP contribution in [0.5, 0.6) is 5.75 Å². The minimum absolute atomic E-state index is 0.0349. The molecule has 1 heterocycles.